The number of carbonyl (C=O) groups excluding carboxylic acids is 1. The highest BCUT2D eigenvalue weighted by Crippen LogP contribution is 2.33. The monoisotopic (exact) mass is 548 g/mol. The van der Waals surface area contributed by atoms with Gasteiger partial charge in [0.15, 0.2) is 11.5 Å². The lowest BCUT2D eigenvalue weighted by molar-refractivity contribution is -0.148. The first kappa shape index (κ1) is 27.1. The van der Waals surface area contributed by atoms with Gasteiger partial charge in [0.25, 0.3) is 0 Å². The van der Waals surface area contributed by atoms with Gasteiger partial charge >= 0.3 is 12.2 Å². The molecule has 0 unspecified atom stereocenters. The molecule has 39 heavy (non-hydrogen) atoms. The molecular formula is C25H31F3N8O3. The Balaban J connectivity index is 1.43. The topological polar surface area (TPSA) is 121 Å². The first-order valence-corrected chi connectivity index (χ1v) is 12.9. The summed E-state index contributed by atoms with van der Waals surface area (Å²) in [5.74, 6) is 1.22. The van der Waals surface area contributed by atoms with Gasteiger partial charge in [-0.1, -0.05) is 0 Å². The molecule has 2 amide bonds. The Labute approximate surface area is 222 Å². The van der Waals surface area contributed by atoms with Gasteiger partial charge in [0.1, 0.15) is 5.82 Å². The number of aromatic nitrogens is 4. The zero-order valence-electron chi connectivity index (χ0n) is 21.3. The van der Waals surface area contributed by atoms with Crippen molar-refractivity contribution in [3.8, 4) is 11.4 Å². The van der Waals surface area contributed by atoms with Crippen molar-refractivity contribution in [3.63, 3.8) is 0 Å². The van der Waals surface area contributed by atoms with E-state index in [-0.39, 0.29) is 19.2 Å². The molecule has 0 aliphatic carbocycles. The number of likely N-dealkylation sites (tertiary alicyclic amines) is 1. The van der Waals surface area contributed by atoms with Gasteiger partial charge in [-0.25, -0.2) is 19.4 Å². The van der Waals surface area contributed by atoms with Crippen LogP contribution in [0.15, 0.2) is 30.5 Å². The average molecular weight is 549 g/mol. The maximum absolute atomic E-state index is 12.9. The Hall–Kier alpha value is -3.49. The van der Waals surface area contributed by atoms with Crippen LogP contribution in [0.3, 0.4) is 0 Å². The number of benzene rings is 1. The molecule has 3 N–H and O–H groups in total. The van der Waals surface area contributed by atoms with E-state index in [1.165, 1.54) is 4.90 Å². The Morgan fingerprint density at radius 2 is 1.79 bits per heavy atom. The van der Waals surface area contributed by atoms with Crippen LogP contribution in [0.25, 0.3) is 22.4 Å². The Bertz CT molecular complexity index is 1270. The molecule has 3 aromatic rings. The van der Waals surface area contributed by atoms with Crippen LogP contribution in [0.2, 0.25) is 0 Å². The molecular weight excluding hydrogens is 517 g/mol. The SMILES string of the molecule is O=C(NCCO)Nc1ccc(-c2nc(N3CCOCC3)c3cnn(C4CCN(CC(F)(F)F)CC4)c3n2)cc1. The number of nitrogens with zero attached hydrogens (tertiary/aromatic N) is 6. The summed E-state index contributed by atoms with van der Waals surface area (Å²) in [4.78, 5) is 25.2. The third-order valence-corrected chi connectivity index (χ3v) is 6.85. The van der Waals surface area contributed by atoms with Gasteiger partial charge < -0.3 is 25.4 Å². The fourth-order valence-electron chi connectivity index (χ4n) is 4.95. The lowest BCUT2D eigenvalue weighted by atomic mass is 10.1. The van der Waals surface area contributed by atoms with E-state index in [9.17, 15) is 18.0 Å². The minimum atomic E-state index is -4.21. The van der Waals surface area contributed by atoms with Crippen LogP contribution < -0.4 is 15.5 Å². The van der Waals surface area contributed by atoms with Gasteiger partial charge in [-0.2, -0.15) is 18.3 Å². The minimum absolute atomic E-state index is 0.0729. The zero-order chi connectivity index (χ0) is 27.4. The van der Waals surface area contributed by atoms with E-state index in [1.807, 2.05) is 16.8 Å². The molecule has 2 fully saturated rings. The van der Waals surface area contributed by atoms with Gasteiger partial charge in [-0.05, 0) is 37.1 Å². The molecule has 2 aromatic heterocycles. The van der Waals surface area contributed by atoms with Crippen molar-refractivity contribution >= 4 is 28.6 Å². The molecule has 0 saturated carbocycles. The number of halogens is 3. The summed E-state index contributed by atoms with van der Waals surface area (Å²) < 4.78 is 45.9. The first-order chi connectivity index (χ1) is 18.8. The lowest BCUT2D eigenvalue weighted by Crippen LogP contribution is -2.40. The molecule has 210 valence electrons. The molecule has 2 aliphatic heterocycles. The van der Waals surface area contributed by atoms with Crippen molar-refractivity contribution in [3.05, 3.63) is 30.5 Å². The van der Waals surface area contributed by atoms with Gasteiger partial charge in [-0.15, -0.1) is 0 Å². The smallest absolute Gasteiger partial charge is 0.395 e. The van der Waals surface area contributed by atoms with Crippen LogP contribution in [0.1, 0.15) is 18.9 Å². The number of morpholine rings is 1. The van der Waals surface area contributed by atoms with E-state index in [2.05, 4.69) is 20.6 Å². The number of anilines is 2. The van der Waals surface area contributed by atoms with Crippen LogP contribution in [-0.2, 0) is 4.74 Å². The van der Waals surface area contributed by atoms with Gasteiger partial charge in [-0.3, -0.25) is 4.90 Å². The number of alkyl halides is 3. The van der Waals surface area contributed by atoms with E-state index in [1.54, 1.807) is 18.3 Å². The second kappa shape index (κ2) is 11.7. The predicted molar refractivity (Wildman–Crippen MR) is 139 cm³/mol. The number of carbonyl (C=O) groups is 1. The second-order valence-electron chi connectivity index (χ2n) is 9.60. The predicted octanol–water partition coefficient (Wildman–Crippen LogP) is 2.64. The lowest BCUT2D eigenvalue weighted by Gasteiger charge is -2.32. The van der Waals surface area contributed by atoms with Crippen LogP contribution in [0, 0.1) is 0 Å². The summed E-state index contributed by atoms with van der Waals surface area (Å²) in [5, 5.41) is 19.5. The normalized spacial score (nSPS) is 17.5. The fourth-order valence-corrected chi connectivity index (χ4v) is 4.95. The van der Waals surface area contributed by atoms with Crippen molar-refractivity contribution in [1.29, 1.82) is 0 Å². The van der Waals surface area contributed by atoms with E-state index in [0.717, 1.165) is 16.8 Å². The molecule has 5 rings (SSSR count). The summed E-state index contributed by atoms with van der Waals surface area (Å²) >= 11 is 0. The summed E-state index contributed by atoms with van der Waals surface area (Å²) in [6.45, 7) is 2.24. The summed E-state index contributed by atoms with van der Waals surface area (Å²) in [5.41, 5.74) is 1.95. The van der Waals surface area contributed by atoms with Gasteiger partial charge in [0.2, 0.25) is 0 Å². The summed E-state index contributed by atoms with van der Waals surface area (Å²) in [6, 6.07) is 6.60. The molecule has 4 heterocycles. The second-order valence-corrected chi connectivity index (χ2v) is 9.60. The number of urea groups is 1. The highest BCUT2D eigenvalue weighted by molar-refractivity contribution is 5.90. The van der Waals surface area contributed by atoms with Crippen molar-refractivity contribution in [2.45, 2.75) is 25.1 Å². The standard InChI is InChI=1S/C25H31F3N8O3/c26-25(27,28)16-34-8-5-19(6-9-34)36-23-20(15-30-36)22(35-10-13-39-14-11-35)32-21(33-23)17-1-3-18(4-2-17)31-24(38)29-7-12-37/h1-4,15,19,37H,5-14,16H2,(H2,29,31,38). The summed E-state index contributed by atoms with van der Waals surface area (Å²) in [7, 11) is 0. The number of rotatable bonds is 7. The molecule has 1 aromatic carbocycles. The van der Waals surface area contributed by atoms with Crippen molar-refractivity contribution in [1.82, 2.24) is 30.0 Å². The molecule has 0 atom stereocenters. The molecule has 0 radical (unpaired) electrons. The van der Waals surface area contributed by atoms with E-state index >= 15 is 0 Å². The van der Waals surface area contributed by atoms with Gasteiger partial charge in [0.05, 0.1) is 44.0 Å². The molecule has 11 nitrogen and oxygen atoms in total. The van der Waals surface area contributed by atoms with E-state index in [0.29, 0.717) is 69.4 Å². The number of ether oxygens (including phenoxy) is 1. The highest BCUT2D eigenvalue weighted by atomic mass is 19.4. The maximum atomic E-state index is 12.9. The summed E-state index contributed by atoms with van der Waals surface area (Å²) in [6.07, 6.45) is -1.39. The number of fused-ring (bicyclic) bond motifs is 1. The highest BCUT2D eigenvalue weighted by Gasteiger charge is 2.33. The number of hydrogen-bond acceptors (Lipinski definition) is 8. The number of aliphatic hydroxyl groups excluding tert-OH is 1. The van der Waals surface area contributed by atoms with E-state index < -0.39 is 18.8 Å². The quantitative estimate of drug-likeness (QED) is 0.412. The number of amides is 2. The molecule has 2 saturated heterocycles. The van der Waals surface area contributed by atoms with Crippen LogP contribution in [0.5, 0.6) is 0 Å². The number of aliphatic hydroxyl groups is 1. The largest absolute Gasteiger partial charge is 0.401 e. The Morgan fingerprint density at radius 3 is 2.46 bits per heavy atom. The van der Waals surface area contributed by atoms with Crippen LogP contribution in [0.4, 0.5) is 29.5 Å². The molecule has 0 spiro atoms. The Morgan fingerprint density at radius 1 is 1.08 bits per heavy atom. The number of piperidine rings is 1. The third-order valence-electron chi connectivity index (χ3n) is 6.85. The maximum Gasteiger partial charge on any atom is 0.401 e. The number of nitrogens with one attached hydrogen (secondary N) is 2. The molecule has 2 aliphatic rings. The van der Waals surface area contributed by atoms with Crippen LogP contribution >= 0.6 is 0 Å². The van der Waals surface area contributed by atoms with Crippen molar-refractivity contribution in [2.75, 3.05) is 69.3 Å². The molecule has 14 heteroatoms. The van der Waals surface area contributed by atoms with Crippen LogP contribution in [-0.4, -0.2) is 101 Å². The Kier molecular flexibility index (Phi) is 8.14. The first-order valence-electron chi connectivity index (χ1n) is 12.9. The molecule has 0 bridgehead atoms. The fraction of sp³-hybridized carbons (Fsp3) is 0.520. The zero-order valence-corrected chi connectivity index (χ0v) is 21.3. The number of hydrogen-bond donors (Lipinski definition) is 3. The van der Waals surface area contributed by atoms with E-state index in [4.69, 9.17) is 19.8 Å². The van der Waals surface area contributed by atoms with Gasteiger partial charge in [0, 0.05) is 44.0 Å². The minimum Gasteiger partial charge on any atom is -0.395 e. The van der Waals surface area contributed by atoms with Crippen molar-refractivity contribution < 1.29 is 27.8 Å². The third kappa shape index (κ3) is 6.57. The average Bonchev–Trinajstić information content (AvgIpc) is 3.36. The van der Waals surface area contributed by atoms with Crippen molar-refractivity contribution in [2.24, 2.45) is 0 Å².